The molecule has 1 unspecified atom stereocenters. The van der Waals surface area contributed by atoms with Gasteiger partial charge in [-0.15, -0.1) is 0 Å². The van der Waals surface area contributed by atoms with Crippen molar-refractivity contribution in [3.8, 4) is 0 Å². The molecule has 0 fully saturated rings. The Bertz CT molecular complexity index is 285. The summed E-state index contributed by atoms with van der Waals surface area (Å²) >= 11 is 0. The lowest BCUT2D eigenvalue weighted by Gasteiger charge is -2.13. The molecular formula is C6H12N2O4S. The SMILES string of the molecule is C=CC(=O)NNC(CC)S(=O)(=O)O. The molecule has 0 aliphatic heterocycles. The lowest BCUT2D eigenvalue weighted by molar-refractivity contribution is -0.117. The van der Waals surface area contributed by atoms with E-state index in [1.807, 2.05) is 5.43 Å². The maximum Gasteiger partial charge on any atom is 0.282 e. The first kappa shape index (κ1) is 12.1. The zero-order valence-electron chi connectivity index (χ0n) is 7.15. The Morgan fingerprint density at radius 1 is 1.69 bits per heavy atom. The van der Waals surface area contributed by atoms with Crippen LogP contribution >= 0.6 is 0 Å². The Morgan fingerprint density at radius 2 is 2.23 bits per heavy atom. The van der Waals surface area contributed by atoms with E-state index in [2.05, 4.69) is 12.0 Å². The largest absolute Gasteiger partial charge is 0.287 e. The summed E-state index contributed by atoms with van der Waals surface area (Å²) in [6.45, 7) is 4.71. The molecule has 0 aliphatic carbocycles. The minimum absolute atomic E-state index is 0.135. The fraction of sp³-hybridized carbons (Fsp3) is 0.500. The highest BCUT2D eigenvalue weighted by Gasteiger charge is 2.20. The minimum atomic E-state index is -4.18. The van der Waals surface area contributed by atoms with Crippen LogP contribution in [0.4, 0.5) is 0 Å². The van der Waals surface area contributed by atoms with E-state index in [4.69, 9.17) is 4.55 Å². The number of amides is 1. The van der Waals surface area contributed by atoms with Gasteiger partial charge >= 0.3 is 0 Å². The Balaban J connectivity index is 4.16. The standard InChI is InChI=1S/C6H12N2O4S/c1-3-5(9)7-8-6(4-2)13(10,11)12/h3,6,8H,1,4H2,2H3,(H,7,9)(H,10,11,12). The van der Waals surface area contributed by atoms with Gasteiger partial charge in [0.1, 0.15) is 0 Å². The van der Waals surface area contributed by atoms with Gasteiger partial charge in [-0.25, -0.2) is 5.43 Å². The maximum absolute atomic E-state index is 10.6. The molecule has 0 heterocycles. The van der Waals surface area contributed by atoms with Crippen LogP contribution in [0.3, 0.4) is 0 Å². The smallest absolute Gasteiger partial charge is 0.282 e. The third kappa shape index (κ3) is 4.61. The van der Waals surface area contributed by atoms with Crippen molar-refractivity contribution >= 4 is 16.0 Å². The van der Waals surface area contributed by atoms with Gasteiger partial charge in [-0.1, -0.05) is 13.5 Å². The molecule has 76 valence electrons. The number of hydrogen-bond donors (Lipinski definition) is 3. The van der Waals surface area contributed by atoms with E-state index >= 15 is 0 Å². The van der Waals surface area contributed by atoms with Gasteiger partial charge < -0.3 is 0 Å². The van der Waals surface area contributed by atoms with E-state index in [-0.39, 0.29) is 6.42 Å². The van der Waals surface area contributed by atoms with E-state index in [0.29, 0.717) is 0 Å². The van der Waals surface area contributed by atoms with E-state index < -0.39 is 21.4 Å². The highest BCUT2D eigenvalue weighted by molar-refractivity contribution is 7.86. The number of carbonyl (C=O) groups excluding carboxylic acids is 1. The van der Waals surface area contributed by atoms with Gasteiger partial charge in [-0.3, -0.25) is 14.8 Å². The van der Waals surface area contributed by atoms with Crippen molar-refractivity contribution in [1.82, 2.24) is 10.9 Å². The predicted octanol–water partition coefficient (Wildman–Crippen LogP) is -0.583. The van der Waals surface area contributed by atoms with Crippen LogP contribution in [0.1, 0.15) is 13.3 Å². The van der Waals surface area contributed by atoms with Crippen LogP contribution in [0, 0.1) is 0 Å². The van der Waals surface area contributed by atoms with Gasteiger partial charge in [-0.05, 0) is 12.5 Å². The quantitative estimate of drug-likeness (QED) is 0.319. The van der Waals surface area contributed by atoms with Crippen LogP contribution in [0.5, 0.6) is 0 Å². The Labute approximate surface area is 76.7 Å². The van der Waals surface area contributed by atoms with Gasteiger partial charge in [0.25, 0.3) is 16.0 Å². The molecule has 0 aromatic heterocycles. The second-order valence-corrected chi connectivity index (χ2v) is 3.85. The zero-order chi connectivity index (χ0) is 10.5. The van der Waals surface area contributed by atoms with Crippen molar-refractivity contribution in [2.24, 2.45) is 0 Å². The molecule has 0 saturated carbocycles. The second-order valence-electron chi connectivity index (χ2n) is 2.25. The van der Waals surface area contributed by atoms with Gasteiger partial charge in [0.05, 0.1) is 0 Å². The Kier molecular flexibility index (Phi) is 4.60. The molecule has 0 aromatic carbocycles. The van der Waals surface area contributed by atoms with Crippen LogP contribution in [0.25, 0.3) is 0 Å². The summed E-state index contributed by atoms with van der Waals surface area (Å²) < 4.78 is 29.8. The average molecular weight is 208 g/mol. The molecule has 1 amide bonds. The zero-order valence-corrected chi connectivity index (χ0v) is 7.97. The Hall–Kier alpha value is -0.920. The third-order valence-electron chi connectivity index (χ3n) is 1.27. The average Bonchev–Trinajstić information content (AvgIpc) is 2.02. The first-order valence-electron chi connectivity index (χ1n) is 3.56. The van der Waals surface area contributed by atoms with Gasteiger partial charge in [0.2, 0.25) is 0 Å². The molecule has 13 heavy (non-hydrogen) atoms. The lowest BCUT2D eigenvalue weighted by atomic mass is 10.5. The van der Waals surface area contributed by atoms with Crippen molar-refractivity contribution in [1.29, 1.82) is 0 Å². The van der Waals surface area contributed by atoms with Crippen LogP contribution in [0.15, 0.2) is 12.7 Å². The molecular weight excluding hydrogens is 196 g/mol. The van der Waals surface area contributed by atoms with Crippen LogP contribution < -0.4 is 10.9 Å². The number of hydrazine groups is 1. The third-order valence-corrected chi connectivity index (χ3v) is 2.44. The predicted molar refractivity (Wildman–Crippen MR) is 47.1 cm³/mol. The second kappa shape index (κ2) is 4.95. The molecule has 0 aromatic rings. The first-order chi connectivity index (χ1) is 5.91. The van der Waals surface area contributed by atoms with Crippen molar-refractivity contribution in [3.63, 3.8) is 0 Å². The first-order valence-corrected chi connectivity index (χ1v) is 5.06. The van der Waals surface area contributed by atoms with Crippen LogP contribution in [0.2, 0.25) is 0 Å². The molecule has 0 saturated heterocycles. The summed E-state index contributed by atoms with van der Waals surface area (Å²) in [5, 5.41) is -1.20. The molecule has 6 nitrogen and oxygen atoms in total. The van der Waals surface area contributed by atoms with Gasteiger partial charge in [0.15, 0.2) is 5.37 Å². The molecule has 7 heteroatoms. The summed E-state index contributed by atoms with van der Waals surface area (Å²) in [5.41, 5.74) is 4.20. The highest BCUT2D eigenvalue weighted by Crippen LogP contribution is 1.97. The normalized spacial score (nSPS) is 13.4. The van der Waals surface area contributed by atoms with Crippen molar-refractivity contribution in [2.45, 2.75) is 18.7 Å². The molecule has 0 bridgehead atoms. The Morgan fingerprint density at radius 3 is 2.54 bits per heavy atom. The molecule has 0 aliphatic rings. The van der Waals surface area contributed by atoms with E-state index in [1.54, 1.807) is 6.92 Å². The van der Waals surface area contributed by atoms with Crippen molar-refractivity contribution in [2.75, 3.05) is 0 Å². The van der Waals surface area contributed by atoms with Gasteiger partial charge in [-0.2, -0.15) is 8.42 Å². The maximum atomic E-state index is 10.6. The minimum Gasteiger partial charge on any atom is -0.287 e. The van der Waals surface area contributed by atoms with E-state index in [1.165, 1.54) is 0 Å². The highest BCUT2D eigenvalue weighted by atomic mass is 32.2. The van der Waals surface area contributed by atoms with Crippen molar-refractivity contribution < 1.29 is 17.8 Å². The molecule has 0 radical (unpaired) electrons. The summed E-state index contributed by atoms with van der Waals surface area (Å²) in [4.78, 5) is 10.6. The van der Waals surface area contributed by atoms with Gasteiger partial charge in [0, 0.05) is 0 Å². The number of rotatable bonds is 5. The summed E-state index contributed by atoms with van der Waals surface area (Å²) in [6.07, 6.45) is 1.11. The fourth-order valence-electron chi connectivity index (χ4n) is 0.590. The summed E-state index contributed by atoms with van der Waals surface area (Å²) in [6, 6.07) is 0. The monoisotopic (exact) mass is 208 g/mol. The summed E-state index contributed by atoms with van der Waals surface area (Å²) in [5.74, 6) is -0.567. The van der Waals surface area contributed by atoms with Crippen LogP contribution in [-0.4, -0.2) is 24.3 Å². The lowest BCUT2D eigenvalue weighted by Crippen LogP contribution is -2.47. The molecule has 1 atom stereocenters. The number of carbonyl (C=O) groups is 1. The molecule has 3 N–H and O–H groups in total. The topological polar surface area (TPSA) is 95.5 Å². The molecule has 0 spiro atoms. The van der Waals surface area contributed by atoms with Crippen molar-refractivity contribution in [3.05, 3.63) is 12.7 Å². The number of nitrogens with one attached hydrogen (secondary N) is 2. The van der Waals surface area contributed by atoms with E-state index in [0.717, 1.165) is 6.08 Å². The van der Waals surface area contributed by atoms with Crippen LogP contribution in [-0.2, 0) is 14.9 Å². The van der Waals surface area contributed by atoms with E-state index in [9.17, 15) is 13.2 Å². The number of hydrogen-bond acceptors (Lipinski definition) is 4. The molecule has 0 rings (SSSR count). The summed E-state index contributed by atoms with van der Waals surface area (Å²) in [7, 11) is -4.18. The fourth-order valence-corrected chi connectivity index (χ4v) is 1.22.